The minimum Gasteiger partial charge on any atom is -0.386 e. The van der Waals surface area contributed by atoms with Crippen molar-refractivity contribution < 1.29 is 19.4 Å². The lowest BCUT2D eigenvalue weighted by Gasteiger charge is -2.39. The second-order valence-corrected chi connectivity index (χ2v) is 8.87. The van der Waals surface area contributed by atoms with Crippen molar-refractivity contribution in [3.05, 3.63) is 29.8 Å². The maximum absolute atomic E-state index is 12.2. The van der Waals surface area contributed by atoms with Crippen LogP contribution in [0, 0.1) is 11.3 Å². The summed E-state index contributed by atoms with van der Waals surface area (Å²) in [5, 5.41) is 13.7. The number of aliphatic hydroxyl groups is 1. The third-order valence-electron chi connectivity index (χ3n) is 4.39. The number of rotatable bonds is 6. The number of aliphatic hydroxyl groups excluding tert-OH is 1. The zero-order valence-corrected chi connectivity index (χ0v) is 17.0. The molecule has 2 rings (SSSR count). The predicted molar refractivity (Wildman–Crippen MR) is 105 cm³/mol. The van der Waals surface area contributed by atoms with Gasteiger partial charge >= 0.3 is 0 Å². The van der Waals surface area contributed by atoms with Gasteiger partial charge in [0.1, 0.15) is 12.7 Å². The number of benzene rings is 1. The second kappa shape index (κ2) is 8.85. The van der Waals surface area contributed by atoms with E-state index in [-0.39, 0.29) is 23.8 Å². The molecule has 0 aromatic heterocycles. The van der Waals surface area contributed by atoms with Crippen LogP contribution < -0.4 is 5.32 Å². The quantitative estimate of drug-likeness (QED) is 0.800. The van der Waals surface area contributed by atoms with Crippen LogP contribution in [-0.2, 0) is 14.3 Å². The smallest absolute Gasteiger partial charge is 0.249 e. The van der Waals surface area contributed by atoms with E-state index in [9.17, 15) is 14.7 Å². The first kappa shape index (κ1) is 21.4. The van der Waals surface area contributed by atoms with Gasteiger partial charge in [0.25, 0.3) is 0 Å². The summed E-state index contributed by atoms with van der Waals surface area (Å²) in [7, 11) is 0. The van der Waals surface area contributed by atoms with Crippen LogP contribution in [0.2, 0.25) is 0 Å². The highest BCUT2D eigenvalue weighted by Crippen LogP contribution is 2.26. The minimum atomic E-state index is -0.840. The fraction of sp³-hybridized carbons (Fsp3) is 0.619. The summed E-state index contributed by atoms with van der Waals surface area (Å²) in [6.45, 7) is 11.1. The van der Waals surface area contributed by atoms with E-state index in [4.69, 9.17) is 4.74 Å². The summed E-state index contributed by atoms with van der Waals surface area (Å²) in [6, 6.07) is 6.71. The van der Waals surface area contributed by atoms with E-state index < -0.39 is 12.1 Å². The fourth-order valence-electron chi connectivity index (χ4n) is 3.19. The number of anilines is 1. The molecule has 2 N–H and O–H groups in total. The van der Waals surface area contributed by atoms with Crippen LogP contribution in [0.15, 0.2) is 24.3 Å². The maximum atomic E-state index is 12.2. The molecule has 0 bridgehead atoms. The lowest BCUT2D eigenvalue weighted by atomic mass is 9.92. The van der Waals surface area contributed by atoms with Crippen LogP contribution in [-0.4, -0.2) is 47.6 Å². The summed E-state index contributed by atoms with van der Waals surface area (Å²) in [5.74, 6) is 0.178. The van der Waals surface area contributed by atoms with Gasteiger partial charge in [0, 0.05) is 18.7 Å². The highest BCUT2D eigenvalue weighted by Gasteiger charge is 2.34. The first-order chi connectivity index (χ1) is 12.6. The molecule has 1 aromatic carbocycles. The molecule has 0 spiro atoms. The summed E-state index contributed by atoms with van der Waals surface area (Å²) in [5.41, 5.74) is 1.31. The Morgan fingerprint density at radius 3 is 2.48 bits per heavy atom. The van der Waals surface area contributed by atoms with E-state index in [1.54, 1.807) is 29.2 Å². The van der Waals surface area contributed by atoms with Crippen molar-refractivity contribution in [1.82, 2.24) is 4.90 Å². The summed E-state index contributed by atoms with van der Waals surface area (Å²) in [6.07, 6.45) is -0.407. The largest absolute Gasteiger partial charge is 0.386 e. The fourth-order valence-corrected chi connectivity index (χ4v) is 3.19. The van der Waals surface area contributed by atoms with Gasteiger partial charge in [-0.15, -0.1) is 0 Å². The first-order valence-electron chi connectivity index (χ1n) is 9.52. The van der Waals surface area contributed by atoms with Gasteiger partial charge in [-0.1, -0.05) is 46.8 Å². The molecule has 0 saturated carbocycles. The van der Waals surface area contributed by atoms with Gasteiger partial charge in [-0.3, -0.25) is 9.59 Å². The molecular formula is C21H32N2O4. The monoisotopic (exact) mass is 376 g/mol. The summed E-state index contributed by atoms with van der Waals surface area (Å²) < 4.78 is 5.36. The molecule has 2 amide bonds. The van der Waals surface area contributed by atoms with E-state index in [2.05, 4.69) is 5.32 Å². The molecule has 1 heterocycles. The molecule has 2 atom stereocenters. The van der Waals surface area contributed by atoms with Crippen molar-refractivity contribution in [2.75, 3.05) is 25.1 Å². The highest BCUT2D eigenvalue weighted by atomic mass is 16.5. The van der Waals surface area contributed by atoms with Gasteiger partial charge in [-0.2, -0.15) is 0 Å². The Kier molecular flexibility index (Phi) is 7.00. The number of hydrogen-bond donors (Lipinski definition) is 2. The Hall–Kier alpha value is -1.92. The number of nitrogens with one attached hydrogen (secondary N) is 1. The predicted octanol–water partition coefficient (Wildman–Crippen LogP) is 2.98. The molecular weight excluding hydrogens is 344 g/mol. The molecule has 0 radical (unpaired) electrons. The van der Waals surface area contributed by atoms with Crippen LogP contribution in [0.5, 0.6) is 0 Å². The van der Waals surface area contributed by atoms with E-state index >= 15 is 0 Å². The van der Waals surface area contributed by atoms with Crippen molar-refractivity contribution >= 4 is 17.5 Å². The van der Waals surface area contributed by atoms with Gasteiger partial charge in [0.2, 0.25) is 11.8 Å². The lowest BCUT2D eigenvalue weighted by molar-refractivity contribution is -0.155. The molecule has 150 valence electrons. The molecule has 6 heteroatoms. The average Bonchev–Trinajstić information content (AvgIpc) is 2.54. The Morgan fingerprint density at radius 1 is 1.30 bits per heavy atom. The molecule has 1 saturated heterocycles. The third-order valence-corrected chi connectivity index (χ3v) is 4.39. The molecule has 1 aliphatic rings. The lowest BCUT2D eigenvalue weighted by Crippen LogP contribution is -2.53. The van der Waals surface area contributed by atoms with Gasteiger partial charge in [0.05, 0.1) is 12.6 Å². The minimum absolute atomic E-state index is 0.0369. The Labute approximate surface area is 161 Å². The van der Waals surface area contributed by atoms with Crippen molar-refractivity contribution in [1.29, 1.82) is 0 Å². The van der Waals surface area contributed by atoms with Gasteiger partial charge in [-0.05, 0) is 29.0 Å². The molecule has 0 unspecified atom stereocenters. The Morgan fingerprint density at radius 2 is 1.93 bits per heavy atom. The number of morpholine rings is 1. The van der Waals surface area contributed by atoms with Crippen molar-refractivity contribution in [3.63, 3.8) is 0 Å². The number of amides is 2. The average molecular weight is 376 g/mol. The molecule has 0 aliphatic carbocycles. The van der Waals surface area contributed by atoms with E-state index in [1.165, 1.54) is 0 Å². The Bertz CT molecular complexity index is 649. The van der Waals surface area contributed by atoms with Crippen LogP contribution in [0.25, 0.3) is 0 Å². The number of ether oxygens (including phenoxy) is 1. The highest BCUT2D eigenvalue weighted by molar-refractivity contribution is 5.91. The van der Waals surface area contributed by atoms with E-state index in [0.717, 1.165) is 0 Å². The van der Waals surface area contributed by atoms with Crippen LogP contribution >= 0.6 is 0 Å². The summed E-state index contributed by atoms with van der Waals surface area (Å²) >= 11 is 0. The molecule has 6 nitrogen and oxygen atoms in total. The number of hydrogen-bond acceptors (Lipinski definition) is 4. The third kappa shape index (κ3) is 6.33. The van der Waals surface area contributed by atoms with Gasteiger partial charge in [-0.25, -0.2) is 0 Å². The van der Waals surface area contributed by atoms with Crippen molar-refractivity contribution in [2.24, 2.45) is 11.3 Å². The first-order valence-corrected chi connectivity index (χ1v) is 9.52. The van der Waals surface area contributed by atoms with Crippen molar-refractivity contribution in [2.45, 2.75) is 53.2 Å². The normalized spacial score (nSPS) is 19.3. The Balaban J connectivity index is 2.06. The molecule has 1 fully saturated rings. The zero-order valence-electron chi connectivity index (χ0n) is 17.0. The van der Waals surface area contributed by atoms with Crippen LogP contribution in [0.4, 0.5) is 5.69 Å². The van der Waals surface area contributed by atoms with Gasteiger partial charge in [0.15, 0.2) is 0 Å². The topological polar surface area (TPSA) is 78.9 Å². The second-order valence-electron chi connectivity index (χ2n) is 8.87. The SMILES string of the molecule is CC(C)CN1C(=O)COC[C@@H]1[C@H](O)c1ccc(NC(=O)CC(C)(C)C)cc1. The maximum Gasteiger partial charge on any atom is 0.249 e. The zero-order chi connectivity index (χ0) is 20.2. The summed E-state index contributed by atoms with van der Waals surface area (Å²) in [4.78, 5) is 26.0. The molecule has 1 aliphatic heterocycles. The number of carbonyl (C=O) groups is 2. The van der Waals surface area contributed by atoms with E-state index in [1.807, 2.05) is 34.6 Å². The van der Waals surface area contributed by atoms with Crippen molar-refractivity contribution in [3.8, 4) is 0 Å². The number of carbonyl (C=O) groups excluding carboxylic acids is 2. The molecule has 27 heavy (non-hydrogen) atoms. The van der Waals surface area contributed by atoms with Crippen LogP contribution in [0.1, 0.15) is 52.7 Å². The van der Waals surface area contributed by atoms with E-state index in [0.29, 0.717) is 36.7 Å². The standard InChI is InChI=1S/C21H32N2O4/c1-14(2)11-23-17(12-27-13-19(23)25)20(26)15-6-8-16(9-7-15)22-18(24)10-21(3,4)5/h6-9,14,17,20,26H,10-13H2,1-5H3,(H,22,24)/t17-,20-/m1/s1. The number of nitrogens with zero attached hydrogens (tertiary/aromatic N) is 1. The molecule has 1 aromatic rings. The van der Waals surface area contributed by atoms with Crippen LogP contribution in [0.3, 0.4) is 0 Å². The van der Waals surface area contributed by atoms with Gasteiger partial charge < -0.3 is 20.1 Å².